The zero-order valence-corrected chi connectivity index (χ0v) is 10.9. The maximum absolute atomic E-state index is 9.63. The van der Waals surface area contributed by atoms with Gasteiger partial charge >= 0.3 is 0 Å². The van der Waals surface area contributed by atoms with Crippen molar-refractivity contribution in [3.05, 3.63) is 15.6 Å². The van der Waals surface area contributed by atoms with Crippen LogP contribution in [0.5, 0.6) is 0 Å². The second-order valence-electron chi connectivity index (χ2n) is 4.83. The topological polar surface area (TPSA) is 45.2 Å². The molecule has 1 aromatic rings. The third-order valence-corrected chi connectivity index (χ3v) is 4.67. The zero-order valence-electron chi connectivity index (χ0n) is 10.0. The number of nitrogens with one attached hydrogen (secondary N) is 1. The number of hydrogen-bond acceptors (Lipinski definition) is 4. The Morgan fingerprint density at radius 3 is 2.56 bits per heavy atom. The lowest BCUT2D eigenvalue weighted by molar-refractivity contribution is 0.0892. The van der Waals surface area contributed by atoms with Crippen LogP contribution >= 0.6 is 11.3 Å². The van der Waals surface area contributed by atoms with E-state index < -0.39 is 0 Å². The predicted molar refractivity (Wildman–Crippen MR) is 66.9 cm³/mol. The highest BCUT2D eigenvalue weighted by atomic mass is 32.1. The second-order valence-corrected chi connectivity index (χ2v) is 6.12. The average Bonchev–Trinajstić information content (AvgIpc) is 2.59. The van der Waals surface area contributed by atoms with E-state index in [1.807, 2.05) is 0 Å². The molecule has 1 aromatic heterocycles. The lowest BCUT2D eigenvalue weighted by atomic mass is 9.77. The molecular formula is C12H20N2OS. The van der Waals surface area contributed by atoms with Crippen molar-refractivity contribution < 1.29 is 5.11 Å². The van der Waals surface area contributed by atoms with Crippen LogP contribution in [-0.2, 0) is 6.42 Å². The summed E-state index contributed by atoms with van der Waals surface area (Å²) in [6.45, 7) is 6.49. The fourth-order valence-corrected chi connectivity index (χ4v) is 3.39. The molecule has 0 unspecified atom stereocenters. The van der Waals surface area contributed by atoms with Crippen LogP contribution in [0.3, 0.4) is 0 Å². The van der Waals surface area contributed by atoms with Crippen molar-refractivity contribution in [2.45, 2.75) is 33.1 Å². The summed E-state index contributed by atoms with van der Waals surface area (Å²) >= 11 is 1.78. The minimum atomic E-state index is 0.0714. The Labute approximate surface area is 101 Å². The van der Waals surface area contributed by atoms with Crippen LogP contribution in [0.25, 0.3) is 0 Å². The van der Waals surface area contributed by atoms with Crippen molar-refractivity contribution in [3.8, 4) is 0 Å². The van der Waals surface area contributed by atoms with Gasteiger partial charge in [-0.2, -0.15) is 0 Å². The number of aromatic nitrogens is 1. The van der Waals surface area contributed by atoms with Crippen molar-refractivity contribution in [1.82, 2.24) is 10.3 Å². The first-order chi connectivity index (χ1) is 7.65. The quantitative estimate of drug-likeness (QED) is 0.844. The van der Waals surface area contributed by atoms with Gasteiger partial charge < -0.3 is 10.4 Å². The first kappa shape index (κ1) is 12.0. The highest BCUT2D eigenvalue weighted by Crippen LogP contribution is 2.34. The molecule has 0 atom stereocenters. The summed E-state index contributed by atoms with van der Waals surface area (Å²) in [5, 5.41) is 14.2. The number of piperidine rings is 1. The molecule has 1 aliphatic heterocycles. The SMILES string of the molecule is Cc1nc(CC2(CO)CCNCC2)sc1C. The molecule has 16 heavy (non-hydrogen) atoms. The van der Waals surface area contributed by atoms with Gasteiger partial charge in [0.1, 0.15) is 0 Å². The van der Waals surface area contributed by atoms with E-state index in [-0.39, 0.29) is 12.0 Å². The Bertz CT molecular complexity index is 336. The Morgan fingerprint density at radius 2 is 2.06 bits per heavy atom. The summed E-state index contributed by atoms with van der Waals surface area (Å²) in [7, 11) is 0. The van der Waals surface area contributed by atoms with Crippen LogP contribution in [0.2, 0.25) is 0 Å². The molecule has 1 saturated heterocycles. The van der Waals surface area contributed by atoms with Gasteiger partial charge in [-0.15, -0.1) is 11.3 Å². The number of aliphatic hydroxyl groups is 1. The molecule has 0 aromatic carbocycles. The van der Waals surface area contributed by atoms with Gasteiger partial charge in [-0.05, 0) is 39.8 Å². The van der Waals surface area contributed by atoms with Crippen molar-refractivity contribution in [1.29, 1.82) is 0 Å². The summed E-state index contributed by atoms with van der Waals surface area (Å²) in [4.78, 5) is 5.89. The van der Waals surface area contributed by atoms with Crippen LogP contribution in [0.15, 0.2) is 0 Å². The fraction of sp³-hybridized carbons (Fsp3) is 0.750. The summed E-state index contributed by atoms with van der Waals surface area (Å²) < 4.78 is 0. The standard InChI is InChI=1S/C12H20N2OS/c1-9-10(2)16-11(14-9)7-12(8-15)3-5-13-6-4-12/h13,15H,3-8H2,1-2H3. The Hall–Kier alpha value is -0.450. The maximum atomic E-state index is 9.63. The minimum absolute atomic E-state index is 0.0714. The second kappa shape index (κ2) is 4.82. The van der Waals surface area contributed by atoms with Gasteiger partial charge in [0.05, 0.1) is 10.7 Å². The van der Waals surface area contributed by atoms with E-state index in [0.29, 0.717) is 0 Å². The number of rotatable bonds is 3. The Balaban J connectivity index is 2.11. The molecule has 2 N–H and O–H groups in total. The smallest absolute Gasteiger partial charge is 0.0937 e. The molecular weight excluding hydrogens is 220 g/mol. The van der Waals surface area contributed by atoms with Crippen molar-refractivity contribution in [2.75, 3.05) is 19.7 Å². The van der Waals surface area contributed by atoms with Crippen LogP contribution in [0.4, 0.5) is 0 Å². The lowest BCUT2D eigenvalue weighted by Crippen LogP contribution is -2.40. The van der Waals surface area contributed by atoms with Gasteiger partial charge in [0.25, 0.3) is 0 Å². The molecule has 1 fully saturated rings. The maximum Gasteiger partial charge on any atom is 0.0937 e. The molecule has 2 rings (SSSR count). The van der Waals surface area contributed by atoms with Gasteiger partial charge in [0.15, 0.2) is 0 Å². The van der Waals surface area contributed by atoms with E-state index in [1.54, 1.807) is 11.3 Å². The van der Waals surface area contributed by atoms with Crippen molar-refractivity contribution >= 4 is 11.3 Å². The van der Waals surface area contributed by atoms with Crippen LogP contribution < -0.4 is 5.32 Å². The Kier molecular flexibility index (Phi) is 3.62. The molecule has 90 valence electrons. The average molecular weight is 240 g/mol. The molecule has 2 heterocycles. The number of aliphatic hydroxyl groups excluding tert-OH is 1. The highest BCUT2D eigenvalue weighted by Gasteiger charge is 2.32. The Morgan fingerprint density at radius 1 is 1.38 bits per heavy atom. The molecule has 0 spiro atoms. The van der Waals surface area contributed by atoms with E-state index in [2.05, 4.69) is 24.1 Å². The predicted octanol–water partition coefficient (Wildman–Crippen LogP) is 1.66. The third-order valence-electron chi connectivity index (χ3n) is 3.60. The van der Waals surface area contributed by atoms with Crippen LogP contribution in [0.1, 0.15) is 28.4 Å². The monoisotopic (exact) mass is 240 g/mol. The van der Waals surface area contributed by atoms with Gasteiger partial charge in [-0.3, -0.25) is 0 Å². The summed E-state index contributed by atoms with van der Waals surface area (Å²) in [5.41, 5.74) is 1.21. The van der Waals surface area contributed by atoms with Crippen molar-refractivity contribution in [2.24, 2.45) is 5.41 Å². The van der Waals surface area contributed by atoms with Gasteiger partial charge in [-0.1, -0.05) is 0 Å². The van der Waals surface area contributed by atoms with Crippen LogP contribution in [0, 0.1) is 19.3 Å². The van der Waals surface area contributed by atoms with Gasteiger partial charge in [-0.25, -0.2) is 4.98 Å². The highest BCUT2D eigenvalue weighted by molar-refractivity contribution is 7.11. The van der Waals surface area contributed by atoms with E-state index in [0.717, 1.165) is 38.0 Å². The normalized spacial score (nSPS) is 19.9. The summed E-state index contributed by atoms with van der Waals surface area (Å²) in [6, 6.07) is 0. The molecule has 0 radical (unpaired) electrons. The first-order valence-corrected chi connectivity index (χ1v) is 6.71. The minimum Gasteiger partial charge on any atom is -0.396 e. The molecule has 1 aliphatic rings. The number of hydrogen-bond donors (Lipinski definition) is 2. The third kappa shape index (κ3) is 2.44. The molecule has 4 heteroatoms. The molecule has 3 nitrogen and oxygen atoms in total. The molecule has 0 saturated carbocycles. The van der Waals surface area contributed by atoms with Gasteiger partial charge in [0.2, 0.25) is 0 Å². The summed E-state index contributed by atoms with van der Waals surface area (Å²) in [5.74, 6) is 0. The van der Waals surface area contributed by atoms with E-state index >= 15 is 0 Å². The van der Waals surface area contributed by atoms with Crippen molar-refractivity contribution in [3.63, 3.8) is 0 Å². The van der Waals surface area contributed by atoms with E-state index in [4.69, 9.17) is 0 Å². The number of nitrogens with zero attached hydrogens (tertiary/aromatic N) is 1. The van der Waals surface area contributed by atoms with Gasteiger partial charge in [0, 0.05) is 23.3 Å². The summed E-state index contributed by atoms with van der Waals surface area (Å²) in [6.07, 6.45) is 3.05. The van der Waals surface area contributed by atoms with Crippen LogP contribution in [-0.4, -0.2) is 29.8 Å². The lowest BCUT2D eigenvalue weighted by Gasteiger charge is -2.35. The largest absolute Gasteiger partial charge is 0.396 e. The fourth-order valence-electron chi connectivity index (χ4n) is 2.28. The molecule has 0 amide bonds. The number of aryl methyl sites for hydroxylation is 2. The molecule has 0 aliphatic carbocycles. The van der Waals surface area contributed by atoms with E-state index in [1.165, 1.54) is 9.88 Å². The molecule has 0 bridgehead atoms. The first-order valence-electron chi connectivity index (χ1n) is 5.90. The number of thiazole rings is 1. The van der Waals surface area contributed by atoms with E-state index in [9.17, 15) is 5.11 Å². The zero-order chi connectivity index (χ0) is 11.6.